The fourth-order valence-corrected chi connectivity index (χ4v) is 4.29. The second kappa shape index (κ2) is 4.89. The van der Waals surface area contributed by atoms with Gasteiger partial charge in [-0.25, -0.2) is 0 Å². The zero-order valence-electron chi connectivity index (χ0n) is 12.0. The van der Waals surface area contributed by atoms with Gasteiger partial charge in [0.1, 0.15) is 5.41 Å². The topological polar surface area (TPSA) is 29.5 Å². The molecule has 3 atom stereocenters. The average molecular weight is 281 g/mol. The van der Waals surface area contributed by atoms with Crippen LogP contribution in [-0.2, 0) is 9.53 Å². The number of ether oxygens (including phenoxy) is 1. The molecule has 4 rings (SSSR count). The van der Waals surface area contributed by atoms with Gasteiger partial charge in [-0.1, -0.05) is 30.0 Å². The molecule has 1 spiro atoms. The van der Waals surface area contributed by atoms with Crippen LogP contribution in [0.15, 0.2) is 30.3 Å². The number of cyclic esters (lactones) is 1. The Hall–Kier alpha value is -1.79. The van der Waals surface area contributed by atoms with Crippen LogP contribution in [0, 0.1) is 23.2 Å². The lowest BCUT2D eigenvalue weighted by molar-refractivity contribution is -0.148. The standard InChI is InChI=1S/C18H19NO2/c20-17-18(10-12-21-17)15(13-19-11-4-7-16(18)19)9-8-14-5-2-1-3-6-14/h1-3,5-6,15-16H,4,7,10-13H2/t15-,16-,18+/m1/s1. The number of nitrogens with zero attached hydrogens (tertiary/aromatic N) is 1. The normalized spacial score (nSPS) is 34.6. The van der Waals surface area contributed by atoms with E-state index in [9.17, 15) is 4.79 Å². The molecule has 3 heterocycles. The maximum Gasteiger partial charge on any atom is 0.315 e. The van der Waals surface area contributed by atoms with Crippen LogP contribution in [-0.4, -0.2) is 36.6 Å². The van der Waals surface area contributed by atoms with Gasteiger partial charge >= 0.3 is 5.97 Å². The molecular formula is C18H19NO2. The fraction of sp³-hybridized carbons (Fsp3) is 0.500. The molecule has 3 fully saturated rings. The molecule has 0 radical (unpaired) electrons. The zero-order valence-corrected chi connectivity index (χ0v) is 12.0. The van der Waals surface area contributed by atoms with Gasteiger partial charge in [-0.15, -0.1) is 0 Å². The number of hydrogen-bond donors (Lipinski definition) is 0. The Labute approximate surface area is 125 Å². The van der Waals surface area contributed by atoms with Gasteiger partial charge in [-0.3, -0.25) is 9.69 Å². The Morgan fingerprint density at radius 2 is 2.14 bits per heavy atom. The molecule has 1 aromatic carbocycles. The van der Waals surface area contributed by atoms with E-state index in [1.807, 2.05) is 30.3 Å². The second-order valence-electron chi connectivity index (χ2n) is 6.27. The average Bonchev–Trinajstić information content (AvgIpc) is 3.17. The molecule has 3 heteroatoms. The van der Waals surface area contributed by atoms with E-state index in [1.54, 1.807) is 0 Å². The van der Waals surface area contributed by atoms with Crippen molar-refractivity contribution in [1.82, 2.24) is 4.90 Å². The lowest BCUT2D eigenvalue weighted by Gasteiger charge is -2.28. The molecule has 0 aromatic heterocycles. The van der Waals surface area contributed by atoms with Crippen molar-refractivity contribution < 1.29 is 9.53 Å². The smallest absolute Gasteiger partial charge is 0.315 e. The molecule has 0 N–H and O–H groups in total. The molecule has 1 aromatic rings. The van der Waals surface area contributed by atoms with E-state index in [4.69, 9.17) is 4.74 Å². The number of fused-ring (bicyclic) bond motifs is 2. The van der Waals surface area contributed by atoms with Crippen molar-refractivity contribution in [1.29, 1.82) is 0 Å². The van der Waals surface area contributed by atoms with Gasteiger partial charge in [0.05, 0.1) is 12.5 Å². The van der Waals surface area contributed by atoms with Gasteiger partial charge in [-0.2, -0.15) is 0 Å². The van der Waals surface area contributed by atoms with Crippen molar-refractivity contribution >= 4 is 5.97 Å². The van der Waals surface area contributed by atoms with Crippen LogP contribution >= 0.6 is 0 Å². The van der Waals surface area contributed by atoms with Gasteiger partial charge in [0.15, 0.2) is 0 Å². The molecule has 3 nitrogen and oxygen atoms in total. The number of benzene rings is 1. The first-order valence-electron chi connectivity index (χ1n) is 7.78. The van der Waals surface area contributed by atoms with Crippen molar-refractivity contribution in [3.8, 4) is 11.8 Å². The van der Waals surface area contributed by atoms with Crippen LogP contribution < -0.4 is 0 Å². The van der Waals surface area contributed by atoms with E-state index >= 15 is 0 Å². The molecular weight excluding hydrogens is 262 g/mol. The summed E-state index contributed by atoms with van der Waals surface area (Å²) in [6.07, 6.45) is 3.14. The van der Waals surface area contributed by atoms with Crippen molar-refractivity contribution in [2.24, 2.45) is 11.3 Å². The van der Waals surface area contributed by atoms with E-state index in [2.05, 4.69) is 16.7 Å². The lowest BCUT2D eigenvalue weighted by atomic mass is 9.71. The first kappa shape index (κ1) is 12.9. The second-order valence-corrected chi connectivity index (χ2v) is 6.27. The summed E-state index contributed by atoms with van der Waals surface area (Å²) in [5.74, 6) is 6.76. The number of hydrogen-bond acceptors (Lipinski definition) is 3. The minimum absolute atomic E-state index is 0.00994. The molecule has 0 bridgehead atoms. The Morgan fingerprint density at radius 3 is 2.90 bits per heavy atom. The van der Waals surface area contributed by atoms with Crippen molar-refractivity contribution in [3.05, 3.63) is 35.9 Å². The highest BCUT2D eigenvalue weighted by Crippen LogP contribution is 2.51. The summed E-state index contributed by atoms with van der Waals surface area (Å²) in [5, 5.41) is 0. The number of carbonyl (C=O) groups is 1. The number of carbonyl (C=O) groups excluding carboxylic acids is 1. The third-order valence-electron chi connectivity index (χ3n) is 5.29. The monoisotopic (exact) mass is 281 g/mol. The first-order valence-corrected chi connectivity index (χ1v) is 7.78. The van der Waals surface area contributed by atoms with Gasteiger partial charge in [-0.05, 0) is 31.5 Å². The van der Waals surface area contributed by atoms with Crippen LogP contribution in [0.1, 0.15) is 24.8 Å². The summed E-state index contributed by atoms with van der Waals surface area (Å²) >= 11 is 0. The van der Waals surface area contributed by atoms with Crippen LogP contribution in [0.25, 0.3) is 0 Å². The summed E-state index contributed by atoms with van der Waals surface area (Å²) in [5.41, 5.74) is 0.657. The molecule has 0 aliphatic carbocycles. The largest absolute Gasteiger partial charge is 0.465 e. The van der Waals surface area contributed by atoms with Crippen molar-refractivity contribution in [3.63, 3.8) is 0 Å². The molecule has 108 valence electrons. The highest BCUT2D eigenvalue weighted by Gasteiger charge is 2.62. The van der Waals surface area contributed by atoms with Crippen LogP contribution in [0.5, 0.6) is 0 Å². The van der Waals surface area contributed by atoms with E-state index < -0.39 is 0 Å². The third kappa shape index (κ3) is 1.90. The summed E-state index contributed by atoms with van der Waals surface area (Å²) in [7, 11) is 0. The highest BCUT2D eigenvalue weighted by atomic mass is 16.5. The molecule has 3 saturated heterocycles. The molecule has 0 saturated carbocycles. The van der Waals surface area contributed by atoms with Gasteiger partial charge < -0.3 is 4.74 Å². The molecule has 3 aliphatic rings. The maximum atomic E-state index is 12.4. The molecule has 0 unspecified atom stereocenters. The van der Waals surface area contributed by atoms with Crippen molar-refractivity contribution in [2.75, 3.05) is 19.7 Å². The van der Waals surface area contributed by atoms with Crippen LogP contribution in [0.2, 0.25) is 0 Å². The Morgan fingerprint density at radius 1 is 1.29 bits per heavy atom. The Balaban J connectivity index is 1.68. The van der Waals surface area contributed by atoms with Crippen LogP contribution in [0.3, 0.4) is 0 Å². The number of rotatable bonds is 0. The van der Waals surface area contributed by atoms with E-state index in [0.29, 0.717) is 12.6 Å². The van der Waals surface area contributed by atoms with Crippen molar-refractivity contribution in [2.45, 2.75) is 25.3 Å². The Bertz CT molecular complexity index is 615. The molecule has 0 amide bonds. The van der Waals surface area contributed by atoms with E-state index in [-0.39, 0.29) is 17.3 Å². The summed E-state index contributed by atoms with van der Waals surface area (Å²) in [6.45, 7) is 2.58. The molecule has 3 aliphatic heterocycles. The zero-order chi connectivity index (χ0) is 14.3. The first-order chi connectivity index (χ1) is 10.3. The Kier molecular flexibility index (Phi) is 3.01. The number of esters is 1. The van der Waals surface area contributed by atoms with Crippen LogP contribution in [0.4, 0.5) is 0 Å². The third-order valence-corrected chi connectivity index (χ3v) is 5.29. The lowest BCUT2D eigenvalue weighted by Crippen LogP contribution is -2.41. The highest BCUT2D eigenvalue weighted by molar-refractivity contribution is 5.81. The van der Waals surface area contributed by atoms with Gasteiger partial charge in [0.2, 0.25) is 0 Å². The van der Waals surface area contributed by atoms with E-state index in [0.717, 1.165) is 31.5 Å². The summed E-state index contributed by atoms with van der Waals surface area (Å²) < 4.78 is 5.35. The minimum Gasteiger partial charge on any atom is -0.465 e. The van der Waals surface area contributed by atoms with E-state index in [1.165, 1.54) is 6.42 Å². The maximum absolute atomic E-state index is 12.4. The SMILES string of the molecule is O=C1OCC[C@@]12[C@H](C#Cc1ccccc1)CN1CCC[C@@H]12. The predicted molar refractivity (Wildman–Crippen MR) is 79.4 cm³/mol. The van der Waals surface area contributed by atoms with Gasteiger partial charge in [0, 0.05) is 24.6 Å². The molecule has 21 heavy (non-hydrogen) atoms. The fourth-order valence-electron chi connectivity index (χ4n) is 4.29. The van der Waals surface area contributed by atoms with Gasteiger partial charge in [0.25, 0.3) is 0 Å². The minimum atomic E-state index is -0.363. The predicted octanol–water partition coefficient (Wildman–Crippen LogP) is 2.07. The summed E-state index contributed by atoms with van der Waals surface area (Å²) in [4.78, 5) is 14.9. The quantitative estimate of drug-likeness (QED) is 0.538. The summed E-state index contributed by atoms with van der Waals surface area (Å²) in [6, 6.07) is 10.4.